The number of benzene rings is 2. The highest BCUT2D eigenvalue weighted by Crippen LogP contribution is 2.26. The molecule has 0 bridgehead atoms. The lowest BCUT2D eigenvalue weighted by Crippen LogP contribution is -2.18. The van der Waals surface area contributed by atoms with E-state index in [1.807, 2.05) is 31.2 Å². The number of carbonyl (C=O) groups excluding carboxylic acids is 1. The molecule has 0 saturated carbocycles. The zero-order valence-corrected chi connectivity index (χ0v) is 14.4. The van der Waals surface area contributed by atoms with Gasteiger partial charge in [0, 0.05) is 12.2 Å². The molecule has 1 heterocycles. The van der Waals surface area contributed by atoms with Crippen molar-refractivity contribution < 1.29 is 19.0 Å². The smallest absolute Gasteiger partial charge is 0.255 e. The third kappa shape index (κ3) is 4.73. The van der Waals surface area contributed by atoms with Gasteiger partial charge < -0.3 is 19.5 Å². The Morgan fingerprint density at radius 1 is 1.16 bits per heavy atom. The van der Waals surface area contributed by atoms with Crippen molar-refractivity contribution in [3.63, 3.8) is 0 Å². The number of ether oxygens (including phenoxy) is 3. The second-order valence-electron chi connectivity index (χ2n) is 5.85. The molecule has 0 aliphatic carbocycles. The molecule has 0 radical (unpaired) electrons. The fourth-order valence-electron chi connectivity index (χ4n) is 2.72. The average molecular weight is 341 g/mol. The van der Waals surface area contributed by atoms with Gasteiger partial charge in [0.05, 0.1) is 18.4 Å². The summed E-state index contributed by atoms with van der Waals surface area (Å²) in [4.78, 5) is 12.5. The summed E-state index contributed by atoms with van der Waals surface area (Å²) in [6.07, 6.45) is 2.22. The Bertz CT molecular complexity index is 693. The van der Waals surface area contributed by atoms with Gasteiger partial charge in [-0.2, -0.15) is 0 Å². The molecule has 132 valence electrons. The molecule has 1 saturated heterocycles. The van der Waals surface area contributed by atoms with Crippen LogP contribution in [0.2, 0.25) is 0 Å². The molecule has 2 aromatic carbocycles. The van der Waals surface area contributed by atoms with Gasteiger partial charge >= 0.3 is 0 Å². The van der Waals surface area contributed by atoms with E-state index in [1.165, 1.54) is 0 Å². The SMILES string of the molecule is CCOc1ccc(C(=O)Nc2ccccc2OC[C@H]2CCCO2)cc1. The van der Waals surface area contributed by atoms with Gasteiger partial charge in [-0.05, 0) is 56.2 Å². The Labute approximate surface area is 147 Å². The Morgan fingerprint density at radius 3 is 2.68 bits per heavy atom. The molecule has 1 amide bonds. The molecule has 0 unspecified atom stereocenters. The van der Waals surface area contributed by atoms with E-state index in [4.69, 9.17) is 14.2 Å². The van der Waals surface area contributed by atoms with E-state index in [9.17, 15) is 4.79 Å². The maximum Gasteiger partial charge on any atom is 0.255 e. The van der Waals surface area contributed by atoms with Crippen LogP contribution in [0.5, 0.6) is 11.5 Å². The molecular weight excluding hydrogens is 318 g/mol. The van der Waals surface area contributed by atoms with Crippen LogP contribution in [0, 0.1) is 0 Å². The molecule has 3 rings (SSSR count). The van der Waals surface area contributed by atoms with Gasteiger partial charge in [0.25, 0.3) is 5.91 Å². The molecule has 0 spiro atoms. The molecule has 1 aliphatic heterocycles. The van der Waals surface area contributed by atoms with E-state index in [0.717, 1.165) is 25.2 Å². The van der Waals surface area contributed by atoms with Gasteiger partial charge in [-0.25, -0.2) is 0 Å². The highest BCUT2D eigenvalue weighted by atomic mass is 16.5. The second kappa shape index (κ2) is 8.53. The molecule has 5 heteroatoms. The Balaban J connectivity index is 1.64. The number of hydrogen-bond acceptors (Lipinski definition) is 4. The molecule has 1 fully saturated rings. The molecule has 2 aromatic rings. The molecule has 25 heavy (non-hydrogen) atoms. The largest absolute Gasteiger partial charge is 0.494 e. The van der Waals surface area contributed by atoms with E-state index >= 15 is 0 Å². The van der Waals surface area contributed by atoms with E-state index in [1.54, 1.807) is 24.3 Å². The quantitative estimate of drug-likeness (QED) is 0.830. The lowest BCUT2D eigenvalue weighted by molar-refractivity contribution is 0.0682. The van der Waals surface area contributed by atoms with Crippen LogP contribution in [0.1, 0.15) is 30.1 Å². The molecule has 1 atom stereocenters. The van der Waals surface area contributed by atoms with Crippen LogP contribution in [0.15, 0.2) is 48.5 Å². The Hall–Kier alpha value is -2.53. The summed E-state index contributed by atoms with van der Waals surface area (Å²) in [5.41, 5.74) is 1.22. The van der Waals surface area contributed by atoms with Crippen LogP contribution in [0.4, 0.5) is 5.69 Å². The minimum Gasteiger partial charge on any atom is -0.494 e. The van der Waals surface area contributed by atoms with Crippen molar-refractivity contribution in [1.29, 1.82) is 0 Å². The Morgan fingerprint density at radius 2 is 1.96 bits per heavy atom. The summed E-state index contributed by atoms with van der Waals surface area (Å²) in [6.45, 7) is 3.81. The summed E-state index contributed by atoms with van der Waals surface area (Å²) in [5, 5.41) is 2.91. The van der Waals surface area contributed by atoms with E-state index < -0.39 is 0 Å². The maximum absolute atomic E-state index is 12.5. The fraction of sp³-hybridized carbons (Fsp3) is 0.350. The third-order valence-corrected chi connectivity index (χ3v) is 4.01. The van der Waals surface area contributed by atoms with Crippen molar-refractivity contribution >= 4 is 11.6 Å². The van der Waals surface area contributed by atoms with Crippen LogP contribution < -0.4 is 14.8 Å². The van der Waals surface area contributed by atoms with Gasteiger partial charge in [-0.3, -0.25) is 4.79 Å². The maximum atomic E-state index is 12.5. The number of hydrogen-bond donors (Lipinski definition) is 1. The van der Waals surface area contributed by atoms with Crippen molar-refractivity contribution in [2.24, 2.45) is 0 Å². The lowest BCUT2D eigenvalue weighted by atomic mass is 10.2. The van der Waals surface area contributed by atoms with Crippen LogP contribution >= 0.6 is 0 Å². The van der Waals surface area contributed by atoms with E-state index in [0.29, 0.717) is 30.2 Å². The number of carbonyl (C=O) groups is 1. The first-order valence-electron chi connectivity index (χ1n) is 8.64. The zero-order valence-electron chi connectivity index (χ0n) is 14.4. The van der Waals surface area contributed by atoms with Gasteiger partial charge in [0.2, 0.25) is 0 Å². The van der Waals surface area contributed by atoms with Gasteiger partial charge in [0.1, 0.15) is 18.1 Å². The third-order valence-electron chi connectivity index (χ3n) is 4.01. The monoisotopic (exact) mass is 341 g/mol. The van der Waals surface area contributed by atoms with Crippen LogP contribution in [-0.2, 0) is 4.74 Å². The molecule has 0 aromatic heterocycles. The first-order valence-corrected chi connectivity index (χ1v) is 8.64. The Kier molecular flexibility index (Phi) is 5.90. The van der Waals surface area contributed by atoms with E-state index in [-0.39, 0.29) is 12.0 Å². The molecule has 1 N–H and O–H groups in total. The van der Waals surface area contributed by atoms with Gasteiger partial charge in [-0.15, -0.1) is 0 Å². The van der Waals surface area contributed by atoms with Crippen molar-refractivity contribution in [2.75, 3.05) is 25.1 Å². The van der Waals surface area contributed by atoms with Crippen LogP contribution in [0.25, 0.3) is 0 Å². The van der Waals surface area contributed by atoms with Crippen LogP contribution in [-0.4, -0.2) is 31.8 Å². The number of amides is 1. The van der Waals surface area contributed by atoms with Crippen molar-refractivity contribution in [2.45, 2.75) is 25.9 Å². The molecule has 5 nitrogen and oxygen atoms in total. The highest BCUT2D eigenvalue weighted by Gasteiger charge is 2.17. The van der Waals surface area contributed by atoms with Gasteiger partial charge in [0.15, 0.2) is 0 Å². The van der Waals surface area contributed by atoms with Crippen molar-refractivity contribution in [1.82, 2.24) is 0 Å². The first-order chi connectivity index (χ1) is 12.3. The summed E-state index contributed by atoms with van der Waals surface area (Å²) in [6, 6.07) is 14.5. The normalized spacial score (nSPS) is 16.4. The first kappa shape index (κ1) is 17.3. The summed E-state index contributed by atoms with van der Waals surface area (Å²) in [7, 11) is 0. The number of rotatable bonds is 7. The highest BCUT2D eigenvalue weighted by molar-refractivity contribution is 6.05. The summed E-state index contributed by atoms with van der Waals surface area (Å²) < 4.78 is 16.8. The molecule has 1 aliphatic rings. The predicted molar refractivity (Wildman–Crippen MR) is 96.5 cm³/mol. The minimum absolute atomic E-state index is 0.134. The average Bonchev–Trinajstić information content (AvgIpc) is 3.15. The topological polar surface area (TPSA) is 56.8 Å². The zero-order chi connectivity index (χ0) is 17.5. The molecular formula is C20H23NO4. The lowest BCUT2D eigenvalue weighted by Gasteiger charge is -2.15. The number of nitrogens with one attached hydrogen (secondary N) is 1. The van der Waals surface area contributed by atoms with Crippen molar-refractivity contribution in [3.8, 4) is 11.5 Å². The minimum atomic E-state index is -0.184. The van der Waals surface area contributed by atoms with E-state index in [2.05, 4.69) is 5.32 Å². The van der Waals surface area contributed by atoms with Gasteiger partial charge in [-0.1, -0.05) is 12.1 Å². The van der Waals surface area contributed by atoms with Crippen LogP contribution in [0.3, 0.4) is 0 Å². The predicted octanol–water partition coefficient (Wildman–Crippen LogP) is 3.90. The standard InChI is InChI=1S/C20H23NO4/c1-2-23-16-11-9-15(10-12-16)20(22)21-18-7-3-4-8-19(18)25-14-17-6-5-13-24-17/h3-4,7-12,17H,2,5-6,13-14H2,1H3,(H,21,22)/t17-/m1/s1. The number of para-hydroxylation sites is 2. The second-order valence-corrected chi connectivity index (χ2v) is 5.85. The fourth-order valence-corrected chi connectivity index (χ4v) is 2.72. The van der Waals surface area contributed by atoms with Crippen molar-refractivity contribution in [3.05, 3.63) is 54.1 Å². The number of anilines is 1. The summed E-state index contributed by atoms with van der Waals surface area (Å²) >= 11 is 0. The summed E-state index contributed by atoms with van der Waals surface area (Å²) in [5.74, 6) is 1.22.